The van der Waals surface area contributed by atoms with E-state index in [1.165, 1.54) is 0 Å². The summed E-state index contributed by atoms with van der Waals surface area (Å²) in [6, 6.07) is 7.89. The monoisotopic (exact) mass is 273 g/mol. The number of carboxylic acids is 1. The van der Waals surface area contributed by atoms with Crippen LogP contribution in [0.1, 0.15) is 28.4 Å². The molecule has 2 heterocycles. The lowest BCUT2D eigenvalue weighted by molar-refractivity contribution is 0.0690. The molecule has 0 saturated heterocycles. The highest BCUT2D eigenvalue weighted by atomic mass is 16.5. The van der Waals surface area contributed by atoms with Crippen LogP contribution in [0.5, 0.6) is 5.75 Å². The predicted molar refractivity (Wildman–Crippen MR) is 72.9 cm³/mol. The molecule has 6 nitrogen and oxygen atoms in total. The van der Waals surface area contributed by atoms with E-state index in [9.17, 15) is 4.79 Å². The molecule has 1 aromatic heterocycles. The Morgan fingerprint density at radius 1 is 1.50 bits per heavy atom. The Balaban J connectivity index is 1.86. The predicted octanol–water partition coefficient (Wildman–Crippen LogP) is 1.73. The molecule has 20 heavy (non-hydrogen) atoms. The average Bonchev–Trinajstić information content (AvgIpc) is 2.80. The Labute approximate surface area is 115 Å². The number of para-hydroxylation sites is 1. The van der Waals surface area contributed by atoms with Gasteiger partial charge in [0, 0.05) is 18.7 Å². The maximum absolute atomic E-state index is 10.9. The largest absolute Gasteiger partial charge is 0.493 e. The number of nitrogens with two attached hydrogens (primary N) is 1. The number of carboxylic acid groups (broad SMARTS) is 1. The second kappa shape index (κ2) is 4.88. The maximum Gasteiger partial charge on any atom is 0.358 e. The lowest BCUT2D eigenvalue weighted by Crippen LogP contribution is -2.19. The maximum atomic E-state index is 10.9. The molecule has 0 amide bonds. The first-order valence-corrected chi connectivity index (χ1v) is 6.43. The third-order valence-corrected chi connectivity index (χ3v) is 3.48. The van der Waals surface area contributed by atoms with Crippen molar-refractivity contribution >= 4 is 11.7 Å². The van der Waals surface area contributed by atoms with E-state index in [4.69, 9.17) is 15.6 Å². The number of aromatic carboxylic acids is 1. The molecule has 0 aliphatic carbocycles. The van der Waals surface area contributed by atoms with E-state index in [1.807, 2.05) is 24.3 Å². The fourth-order valence-electron chi connectivity index (χ4n) is 2.53. The van der Waals surface area contributed by atoms with Crippen molar-refractivity contribution in [3.05, 3.63) is 41.7 Å². The normalized spacial score (nSPS) is 17.3. The minimum Gasteiger partial charge on any atom is -0.493 e. The first-order chi connectivity index (χ1) is 9.65. The van der Waals surface area contributed by atoms with E-state index in [1.54, 1.807) is 10.9 Å². The second-order valence-corrected chi connectivity index (χ2v) is 4.83. The summed E-state index contributed by atoms with van der Waals surface area (Å²) in [5.74, 6) is 0.0388. The van der Waals surface area contributed by atoms with Crippen molar-refractivity contribution in [2.45, 2.75) is 18.9 Å². The van der Waals surface area contributed by atoms with Gasteiger partial charge in [-0.3, -0.25) is 4.68 Å². The highest BCUT2D eigenvalue weighted by Gasteiger charge is 2.23. The van der Waals surface area contributed by atoms with Crippen LogP contribution in [0.25, 0.3) is 0 Å². The second-order valence-electron chi connectivity index (χ2n) is 4.83. The number of benzene rings is 1. The summed E-state index contributed by atoms with van der Waals surface area (Å²) in [7, 11) is 0. The van der Waals surface area contributed by atoms with Crippen LogP contribution >= 0.6 is 0 Å². The minimum absolute atomic E-state index is 0.0923. The summed E-state index contributed by atoms with van der Waals surface area (Å²) in [6.45, 7) is 1.25. The van der Waals surface area contributed by atoms with Crippen LogP contribution in [0.4, 0.5) is 5.69 Å². The molecule has 1 aliphatic rings. The first-order valence-electron chi connectivity index (χ1n) is 6.43. The third kappa shape index (κ3) is 2.20. The van der Waals surface area contributed by atoms with E-state index < -0.39 is 5.97 Å². The number of aromatic nitrogens is 2. The van der Waals surface area contributed by atoms with Gasteiger partial charge in [0.25, 0.3) is 0 Å². The highest BCUT2D eigenvalue weighted by Crippen LogP contribution is 2.34. The van der Waals surface area contributed by atoms with Crippen molar-refractivity contribution in [3.8, 4) is 5.75 Å². The molecule has 3 N–H and O–H groups in total. The number of anilines is 1. The molecule has 0 fully saturated rings. The van der Waals surface area contributed by atoms with Crippen LogP contribution < -0.4 is 10.5 Å². The zero-order valence-corrected chi connectivity index (χ0v) is 10.8. The molecule has 0 spiro atoms. The van der Waals surface area contributed by atoms with Crippen LogP contribution in [0, 0.1) is 0 Å². The van der Waals surface area contributed by atoms with Gasteiger partial charge in [0.05, 0.1) is 12.3 Å². The zero-order chi connectivity index (χ0) is 14.1. The Morgan fingerprint density at radius 3 is 3.05 bits per heavy atom. The molecule has 1 atom stereocenters. The quantitative estimate of drug-likeness (QED) is 0.888. The average molecular weight is 273 g/mol. The summed E-state index contributed by atoms with van der Waals surface area (Å²) in [6.07, 6.45) is 2.45. The number of carbonyl (C=O) groups is 1. The topological polar surface area (TPSA) is 90.4 Å². The van der Waals surface area contributed by atoms with E-state index in [-0.39, 0.29) is 17.3 Å². The van der Waals surface area contributed by atoms with Crippen LogP contribution in [-0.2, 0) is 6.54 Å². The van der Waals surface area contributed by atoms with Gasteiger partial charge in [-0.15, -0.1) is 0 Å². The third-order valence-electron chi connectivity index (χ3n) is 3.48. The number of nitrogens with zero attached hydrogens (tertiary/aromatic N) is 2. The number of hydrogen-bond donors (Lipinski definition) is 2. The van der Waals surface area contributed by atoms with Crippen molar-refractivity contribution < 1.29 is 14.6 Å². The first kappa shape index (κ1) is 12.5. The standard InChI is InChI=1S/C14H15N3O3/c15-11-8-17(16-13(11)14(18)19)7-9-5-6-20-12-4-2-1-3-10(9)12/h1-4,8-9H,5-7,15H2,(H,18,19). The van der Waals surface area contributed by atoms with Gasteiger partial charge in [0.1, 0.15) is 5.75 Å². The molecule has 1 aliphatic heterocycles. The van der Waals surface area contributed by atoms with E-state index in [2.05, 4.69) is 5.10 Å². The van der Waals surface area contributed by atoms with Gasteiger partial charge in [0.2, 0.25) is 0 Å². The molecule has 1 aromatic carbocycles. The SMILES string of the molecule is Nc1cn(CC2CCOc3ccccc32)nc1C(=O)O. The zero-order valence-electron chi connectivity index (χ0n) is 10.8. The number of hydrogen-bond acceptors (Lipinski definition) is 4. The van der Waals surface area contributed by atoms with E-state index in [0.717, 1.165) is 17.7 Å². The van der Waals surface area contributed by atoms with Gasteiger partial charge >= 0.3 is 5.97 Å². The fraction of sp³-hybridized carbons (Fsp3) is 0.286. The van der Waals surface area contributed by atoms with Crippen molar-refractivity contribution in [1.29, 1.82) is 0 Å². The molecule has 1 unspecified atom stereocenters. The smallest absolute Gasteiger partial charge is 0.358 e. The summed E-state index contributed by atoms with van der Waals surface area (Å²) in [4.78, 5) is 10.9. The molecule has 104 valence electrons. The van der Waals surface area contributed by atoms with Gasteiger partial charge in [-0.05, 0) is 18.1 Å². The molecule has 0 saturated carbocycles. The van der Waals surface area contributed by atoms with Crippen molar-refractivity contribution in [1.82, 2.24) is 9.78 Å². The molecule has 6 heteroatoms. The van der Waals surface area contributed by atoms with Gasteiger partial charge in [-0.25, -0.2) is 4.79 Å². The van der Waals surface area contributed by atoms with Crippen LogP contribution in [0.2, 0.25) is 0 Å². The van der Waals surface area contributed by atoms with Crippen LogP contribution in [0.3, 0.4) is 0 Å². The van der Waals surface area contributed by atoms with E-state index in [0.29, 0.717) is 13.2 Å². The highest BCUT2D eigenvalue weighted by molar-refractivity contribution is 5.91. The number of fused-ring (bicyclic) bond motifs is 1. The lowest BCUT2D eigenvalue weighted by Gasteiger charge is -2.25. The molecular formula is C14H15N3O3. The number of nitrogen functional groups attached to an aromatic ring is 1. The minimum atomic E-state index is -1.10. The Kier molecular flexibility index (Phi) is 3.06. The Hall–Kier alpha value is -2.50. The molecule has 2 aromatic rings. The molecule has 0 bridgehead atoms. The number of rotatable bonds is 3. The molecule has 3 rings (SSSR count). The summed E-state index contributed by atoms with van der Waals surface area (Å²) in [5, 5.41) is 13.0. The molecular weight excluding hydrogens is 258 g/mol. The van der Waals surface area contributed by atoms with Gasteiger partial charge < -0.3 is 15.6 Å². The Bertz CT molecular complexity index is 651. The van der Waals surface area contributed by atoms with Gasteiger partial charge in [-0.1, -0.05) is 18.2 Å². The van der Waals surface area contributed by atoms with Crippen LogP contribution in [0.15, 0.2) is 30.5 Å². The lowest BCUT2D eigenvalue weighted by atomic mass is 9.93. The van der Waals surface area contributed by atoms with Gasteiger partial charge in [0.15, 0.2) is 5.69 Å². The van der Waals surface area contributed by atoms with Crippen LogP contribution in [-0.4, -0.2) is 27.5 Å². The summed E-state index contributed by atoms with van der Waals surface area (Å²) >= 11 is 0. The van der Waals surface area contributed by atoms with E-state index >= 15 is 0 Å². The Morgan fingerprint density at radius 2 is 2.30 bits per heavy atom. The summed E-state index contributed by atoms with van der Waals surface area (Å²) in [5.41, 5.74) is 6.88. The summed E-state index contributed by atoms with van der Waals surface area (Å²) < 4.78 is 7.21. The van der Waals surface area contributed by atoms with Crippen molar-refractivity contribution in [2.75, 3.05) is 12.3 Å². The fourth-order valence-corrected chi connectivity index (χ4v) is 2.53. The van der Waals surface area contributed by atoms with Gasteiger partial charge in [-0.2, -0.15) is 5.10 Å². The van der Waals surface area contributed by atoms with Crippen molar-refractivity contribution in [3.63, 3.8) is 0 Å². The number of ether oxygens (including phenoxy) is 1. The molecule has 0 radical (unpaired) electrons. The van der Waals surface area contributed by atoms with Crippen molar-refractivity contribution in [2.24, 2.45) is 0 Å².